The van der Waals surface area contributed by atoms with E-state index in [0.29, 0.717) is 18.3 Å². The van der Waals surface area contributed by atoms with Crippen LogP contribution in [0.1, 0.15) is 25.7 Å². The zero-order valence-corrected chi connectivity index (χ0v) is 18.5. The van der Waals surface area contributed by atoms with E-state index < -0.39 is 5.60 Å². The Hall–Kier alpha value is -4.08. The molecule has 4 aromatic rings. The van der Waals surface area contributed by atoms with Gasteiger partial charge in [-0.1, -0.05) is 6.07 Å². The molecule has 1 aliphatic heterocycles. The normalized spacial score (nSPS) is 22.3. The zero-order valence-electron chi connectivity index (χ0n) is 18.5. The predicted molar refractivity (Wildman–Crippen MR) is 125 cm³/mol. The van der Waals surface area contributed by atoms with Crippen molar-refractivity contribution in [1.82, 2.24) is 29.8 Å². The summed E-state index contributed by atoms with van der Waals surface area (Å²) in [6, 6.07) is 13.2. The van der Waals surface area contributed by atoms with Crippen molar-refractivity contribution in [3.63, 3.8) is 0 Å². The van der Waals surface area contributed by atoms with E-state index in [1.807, 2.05) is 36.5 Å². The highest BCUT2D eigenvalue weighted by molar-refractivity contribution is 5.89. The SMILES string of the molecule is O=C1OC2(CCC(CNc3ccc4nc(-c5ccccn5)cn4n3)CC2)CN1c1cccnn1. The van der Waals surface area contributed by atoms with Crippen LogP contribution >= 0.6 is 0 Å². The van der Waals surface area contributed by atoms with Crippen molar-refractivity contribution < 1.29 is 9.53 Å². The van der Waals surface area contributed by atoms with E-state index in [2.05, 4.69) is 30.6 Å². The Labute approximate surface area is 196 Å². The molecule has 172 valence electrons. The Kier molecular flexibility index (Phi) is 5.05. The van der Waals surface area contributed by atoms with Crippen molar-refractivity contribution >= 4 is 23.4 Å². The number of hydrogen-bond donors (Lipinski definition) is 1. The summed E-state index contributed by atoms with van der Waals surface area (Å²) in [6.45, 7) is 1.35. The number of nitrogens with zero attached hydrogens (tertiary/aromatic N) is 7. The van der Waals surface area contributed by atoms with E-state index in [0.717, 1.165) is 55.1 Å². The van der Waals surface area contributed by atoms with Crippen LogP contribution in [-0.2, 0) is 4.74 Å². The molecule has 4 aromatic heterocycles. The van der Waals surface area contributed by atoms with Gasteiger partial charge < -0.3 is 10.1 Å². The first kappa shape index (κ1) is 20.5. The summed E-state index contributed by atoms with van der Waals surface area (Å²) >= 11 is 0. The molecule has 1 aliphatic carbocycles. The summed E-state index contributed by atoms with van der Waals surface area (Å²) in [5, 5.41) is 16.1. The monoisotopic (exact) mass is 456 g/mol. The third kappa shape index (κ3) is 3.91. The molecule has 5 heterocycles. The molecule has 0 aromatic carbocycles. The Morgan fingerprint density at radius 1 is 1.06 bits per heavy atom. The number of fused-ring (bicyclic) bond motifs is 1. The van der Waals surface area contributed by atoms with Crippen molar-refractivity contribution in [3.05, 3.63) is 61.1 Å². The summed E-state index contributed by atoms with van der Waals surface area (Å²) in [6.07, 6.45) is 8.54. The first-order valence-electron chi connectivity index (χ1n) is 11.5. The summed E-state index contributed by atoms with van der Waals surface area (Å²) in [5.41, 5.74) is 1.97. The number of anilines is 2. The van der Waals surface area contributed by atoms with E-state index in [1.165, 1.54) is 0 Å². The molecule has 6 rings (SSSR count). The van der Waals surface area contributed by atoms with Crippen LogP contribution in [0.4, 0.5) is 16.4 Å². The standard InChI is InChI=1S/C24H24N8O2/c33-23-31(22-5-3-13-27-29-22)16-24(34-23)10-8-17(9-11-24)14-26-20-6-7-21-28-19(15-32(21)30-20)18-4-1-2-12-25-18/h1-7,12-13,15,17H,8-11,14,16H2,(H,26,30). The van der Waals surface area contributed by atoms with Crippen LogP contribution < -0.4 is 10.2 Å². The molecule has 0 atom stereocenters. The number of nitrogens with one attached hydrogen (secondary N) is 1. The number of imidazole rings is 1. The fraction of sp³-hybridized carbons (Fsp3) is 0.333. The van der Waals surface area contributed by atoms with Gasteiger partial charge in [0.25, 0.3) is 0 Å². The molecule has 1 amide bonds. The van der Waals surface area contributed by atoms with Crippen molar-refractivity contribution in [2.24, 2.45) is 5.92 Å². The molecule has 10 nitrogen and oxygen atoms in total. The van der Waals surface area contributed by atoms with Crippen LogP contribution in [0, 0.1) is 5.92 Å². The van der Waals surface area contributed by atoms with Gasteiger partial charge in [-0.15, -0.1) is 10.2 Å². The maximum Gasteiger partial charge on any atom is 0.416 e. The second-order valence-electron chi connectivity index (χ2n) is 8.91. The molecular weight excluding hydrogens is 432 g/mol. The summed E-state index contributed by atoms with van der Waals surface area (Å²) in [5.74, 6) is 1.83. The van der Waals surface area contributed by atoms with Gasteiger partial charge in [-0.25, -0.2) is 14.3 Å². The fourth-order valence-electron chi connectivity index (χ4n) is 4.77. The third-order valence-corrected chi connectivity index (χ3v) is 6.64. The topological polar surface area (TPSA) is 110 Å². The van der Waals surface area contributed by atoms with E-state index >= 15 is 0 Å². The molecule has 1 saturated carbocycles. The average molecular weight is 457 g/mol. The molecule has 0 unspecified atom stereocenters. The van der Waals surface area contributed by atoms with Gasteiger partial charge in [0.2, 0.25) is 0 Å². The highest BCUT2D eigenvalue weighted by Crippen LogP contribution is 2.40. The molecular formula is C24H24N8O2. The highest BCUT2D eigenvalue weighted by atomic mass is 16.6. The van der Waals surface area contributed by atoms with Gasteiger partial charge >= 0.3 is 6.09 Å². The lowest BCUT2D eigenvalue weighted by Crippen LogP contribution is -2.39. The van der Waals surface area contributed by atoms with Gasteiger partial charge in [0.1, 0.15) is 17.1 Å². The number of ether oxygens (including phenoxy) is 1. The smallest absolute Gasteiger partial charge is 0.416 e. The Morgan fingerprint density at radius 3 is 2.76 bits per heavy atom. The first-order chi connectivity index (χ1) is 16.7. The van der Waals surface area contributed by atoms with Gasteiger partial charge in [0, 0.05) is 18.9 Å². The van der Waals surface area contributed by atoms with E-state index in [1.54, 1.807) is 33.9 Å². The predicted octanol–water partition coefficient (Wildman–Crippen LogP) is 3.58. The second kappa shape index (κ2) is 8.36. The molecule has 0 bridgehead atoms. The summed E-state index contributed by atoms with van der Waals surface area (Å²) in [7, 11) is 0. The molecule has 1 N–H and O–H groups in total. The number of amides is 1. The van der Waals surface area contributed by atoms with Crippen LogP contribution in [-0.4, -0.2) is 54.6 Å². The molecule has 2 aliphatic rings. The molecule has 34 heavy (non-hydrogen) atoms. The van der Waals surface area contributed by atoms with E-state index in [4.69, 9.17) is 4.74 Å². The van der Waals surface area contributed by atoms with Crippen LogP contribution in [0.15, 0.2) is 61.1 Å². The molecule has 10 heteroatoms. The molecule has 2 fully saturated rings. The van der Waals surface area contributed by atoms with Crippen LogP contribution in [0.25, 0.3) is 17.0 Å². The molecule has 1 spiro atoms. The average Bonchev–Trinajstić information content (AvgIpc) is 3.45. The number of aromatic nitrogens is 6. The largest absolute Gasteiger partial charge is 0.441 e. The maximum absolute atomic E-state index is 12.4. The van der Waals surface area contributed by atoms with Crippen molar-refractivity contribution in [3.8, 4) is 11.4 Å². The number of pyridine rings is 1. The molecule has 0 radical (unpaired) electrons. The van der Waals surface area contributed by atoms with E-state index in [-0.39, 0.29) is 6.09 Å². The fourth-order valence-corrected chi connectivity index (χ4v) is 4.77. The van der Waals surface area contributed by atoms with Crippen molar-refractivity contribution in [2.75, 3.05) is 23.3 Å². The van der Waals surface area contributed by atoms with Crippen molar-refractivity contribution in [1.29, 1.82) is 0 Å². The van der Waals surface area contributed by atoms with Gasteiger partial charge in [0.05, 0.1) is 18.4 Å². The van der Waals surface area contributed by atoms with Gasteiger partial charge in [-0.2, -0.15) is 5.10 Å². The first-order valence-corrected chi connectivity index (χ1v) is 11.5. The second-order valence-corrected chi connectivity index (χ2v) is 8.91. The number of hydrogen-bond acceptors (Lipinski definition) is 8. The minimum Gasteiger partial charge on any atom is -0.441 e. The summed E-state index contributed by atoms with van der Waals surface area (Å²) < 4.78 is 7.61. The minimum absolute atomic E-state index is 0.333. The number of rotatable bonds is 5. The zero-order chi connectivity index (χ0) is 23.0. The van der Waals surface area contributed by atoms with Crippen LogP contribution in [0.2, 0.25) is 0 Å². The van der Waals surface area contributed by atoms with Gasteiger partial charge in [-0.3, -0.25) is 9.88 Å². The van der Waals surface area contributed by atoms with Crippen LogP contribution in [0.3, 0.4) is 0 Å². The maximum atomic E-state index is 12.4. The van der Waals surface area contributed by atoms with Crippen molar-refractivity contribution in [2.45, 2.75) is 31.3 Å². The van der Waals surface area contributed by atoms with E-state index in [9.17, 15) is 4.79 Å². The Balaban J connectivity index is 1.06. The Morgan fingerprint density at radius 2 is 1.97 bits per heavy atom. The highest BCUT2D eigenvalue weighted by Gasteiger charge is 2.48. The lowest BCUT2D eigenvalue weighted by molar-refractivity contribution is 0.0148. The number of carbonyl (C=O) groups is 1. The summed E-state index contributed by atoms with van der Waals surface area (Å²) in [4.78, 5) is 23.0. The quantitative estimate of drug-likeness (QED) is 0.485. The third-order valence-electron chi connectivity index (χ3n) is 6.64. The lowest BCUT2D eigenvalue weighted by Gasteiger charge is -2.35. The Bertz CT molecular complexity index is 1300. The van der Waals surface area contributed by atoms with Gasteiger partial charge in [0.15, 0.2) is 11.5 Å². The number of carbonyl (C=O) groups excluding carboxylic acids is 1. The van der Waals surface area contributed by atoms with Gasteiger partial charge in [-0.05, 0) is 68.0 Å². The minimum atomic E-state index is -0.430. The lowest BCUT2D eigenvalue weighted by atomic mass is 9.78. The molecule has 1 saturated heterocycles. The van der Waals surface area contributed by atoms with Crippen LogP contribution in [0.5, 0.6) is 0 Å².